The van der Waals surface area contributed by atoms with Gasteiger partial charge in [0.2, 0.25) is 0 Å². The fraction of sp³-hybridized carbons (Fsp3) is 0.350. The summed E-state index contributed by atoms with van der Waals surface area (Å²) in [5.41, 5.74) is -0.552. The number of hydrogen-bond donors (Lipinski definition) is 5. The molecule has 0 saturated heterocycles. The largest absolute Gasteiger partial charge is 0.508 e. The van der Waals surface area contributed by atoms with Crippen LogP contribution in [0.5, 0.6) is 28.7 Å². The number of carbonyl (C=O) groups excluding carboxylic acids is 1. The number of rotatable bonds is 1. The Balaban J connectivity index is 1.76. The van der Waals surface area contributed by atoms with E-state index in [4.69, 9.17) is 9.47 Å². The highest BCUT2D eigenvalue weighted by atomic mass is 16.5. The van der Waals surface area contributed by atoms with Gasteiger partial charge in [-0.05, 0) is 31.5 Å². The summed E-state index contributed by atoms with van der Waals surface area (Å²) in [6.07, 6.45) is -3.46. The van der Waals surface area contributed by atoms with Crippen LogP contribution in [-0.2, 0) is 0 Å². The van der Waals surface area contributed by atoms with Gasteiger partial charge in [0.25, 0.3) is 0 Å². The lowest BCUT2D eigenvalue weighted by Gasteiger charge is -2.40. The molecule has 0 fully saturated rings. The fourth-order valence-corrected chi connectivity index (χ4v) is 3.66. The molecular weight excluding hydrogens is 368 g/mol. The second-order valence-corrected chi connectivity index (χ2v) is 7.63. The topological polar surface area (TPSA) is 137 Å². The Morgan fingerprint density at radius 1 is 1.04 bits per heavy atom. The van der Waals surface area contributed by atoms with Crippen molar-refractivity contribution in [1.29, 1.82) is 0 Å². The molecule has 5 N–H and O–H groups in total. The average Bonchev–Trinajstić information content (AvgIpc) is 2.59. The molecule has 2 heterocycles. The second kappa shape index (κ2) is 6.02. The third-order valence-electron chi connectivity index (χ3n) is 5.17. The summed E-state index contributed by atoms with van der Waals surface area (Å²) in [5.74, 6) is -1.20. The molecule has 0 amide bonds. The standard InChI is InChI=1S/C20H20O8/c1-20(2)19(26)17(25)10-3-8(4-13(24)18(10)28-20)14-7-12(23)16-11(22)5-9(21)6-15(16)27-14/h3-6,14,17,19,21-22,24-26H,7H2,1-2H3. The molecule has 3 atom stereocenters. The molecule has 8 heteroatoms. The number of aliphatic hydroxyl groups excluding tert-OH is 2. The quantitative estimate of drug-likeness (QED) is 0.501. The Hall–Kier alpha value is -2.97. The molecule has 2 aliphatic heterocycles. The highest BCUT2D eigenvalue weighted by molar-refractivity contribution is 6.02. The third kappa shape index (κ3) is 2.73. The first-order valence-electron chi connectivity index (χ1n) is 8.76. The molecule has 0 spiro atoms. The van der Waals surface area contributed by atoms with Gasteiger partial charge >= 0.3 is 0 Å². The maximum absolute atomic E-state index is 12.5. The number of ketones is 1. The highest BCUT2D eigenvalue weighted by Crippen LogP contribution is 2.48. The number of hydrogen-bond acceptors (Lipinski definition) is 8. The van der Waals surface area contributed by atoms with E-state index in [-0.39, 0.29) is 52.1 Å². The van der Waals surface area contributed by atoms with E-state index in [1.165, 1.54) is 18.2 Å². The predicted molar refractivity (Wildman–Crippen MR) is 95.9 cm³/mol. The van der Waals surface area contributed by atoms with E-state index in [0.29, 0.717) is 5.56 Å². The first-order valence-corrected chi connectivity index (χ1v) is 8.76. The van der Waals surface area contributed by atoms with Crippen LogP contribution in [0, 0.1) is 0 Å². The molecule has 3 unspecified atom stereocenters. The Morgan fingerprint density at radius 3 is 2.46 bits per heavy atom. The molecule has 28 heavy (non-hydrogen) atoms. The zero-order valence-electron chi connectivity index (χ0n) is 15.2. The maximum atomic E-state index is 12.5. The Kier molecular flexibility index (Phi) is 3.95. The normalized spacial score (nSPS) is 25.3. The molecule has 0 aliphatic carbocycles. The minimum atomic E-state index is -1.30. The smallest absolute Gasteiger partial charge is 0.174 e. The van der Waals surface area contributed by atoms with E-state index in [2.05, 4.69) is 0 Å². The van der Waals surface area contributed by atoms with Crippen LogP contribution in [0.1, 0.15) is 54.0 Å². The molecule has 2 aromatic rings. The van der Waals surface area contributed by atoms with Crippen molar-refractivity contribution in [3.8, 4) is 28.7 Å². The fourth-order valence-electron chi connectivity index (χ4n) is 3.66. The van der Waals surface area contributed by atoms with Gasteiger partial charge in [-0.15, -0.1) is 0 Å². The minimum absolute atomic E-state index is 0.0169. The monoisotopic (exact) mass is 388 g/mol. The first-order chi connectivity index (χ1) is 13.1. The molecule has 0 aromatic heterocycles. The van der Waals surface area contributed by atoms with Gasteiger partial charge in [-0.25, -0.2) is 0 Å². The molecule has 0 saturated carbocycles. The maximum Gasteiger partial charge on any atom is 0.174 e. The number of aromatic hydroxyl groups is 3. The number of aliphatic hydroxyl groups is 2. The van der Waals surface area contributed by atoms with E-state index in [1.807, 2.05) is 0 Å². The molecule has 2 aliphatic rings. The SMILES string of the molecule is CC1(C)Oc2c(O)cc(C3CC(=O)c4c(O)cc(O)cc4O3)cc2C(O)C1O. The van der Waals surface area contributed by atoms with Crippen molar-refractivity contribution in [1.82, 2.24) is 0 Å². The molecule has 0 radical (unpaired) electrons. The lowest BCUT2D eigenvalue weighted by Crippen LogP contribution is -2.48. The van der Waals surface area contributed by atoms with Gasteiger partial charge in [0, 0.05) is 17.7 Å². The van der Waals surface area contributed by atoms with Crippen LogP contribution in [-0.4, -0.2) is 43.0 Å². The average molecular weight is 388 g/mol. The zero-order chi connectivity index (χ0) is 20.4. The van der Waals surface area contributed by atoms with Crippen molar-refractivity contribution in [2.45, 2.75) is 44.2 Å². The van der Waals surface area contributed by atoms with Crippen LogP contribution in [0.4, 0.5) is 0 Å². The lowest BCUT2D eigenvalue weighted by molar-refractivity contribution is -0.112. The summed E-state index contributed by atoms with van der Waals surface area (Å²) < 4.78 is 11.4. The summed E-state index contributed by atoms with van der Waals surface area (Å²) in [4.78, 5) is 12.5. The van der Waals surface area contributed by atoms with Crippen molar-refractivity contribution in [2.24, 2.45) is 0 Å². The van der Waals surface area contributed by atoms with Crippen LogP contribution >= 0.6 is 0 Å². The van der Waals surface area contributed by atoms with E-state index >= 15 is 0 Å². The number of carbonyl (C=O) groups is 1. The highest BCUT2D eigenvalue weighted by Gasteiger charge is 2.44. The molecule has 8 nitrogen and oxygen atoms in total. The summed E-state index contributed by atoms with van der Waals surface area (Å²) in [6, 6.07) is 5.15. The number of phenolic OH excluding ortho intramolecular Hbond substituents is 3. The number of phenols is 3. The van der Waals surface area contributed by atoms with Crippen LogP contribution in [0.15, 0.2) is 24.3 Å². The van der Waals surface area contributed by atoms with Gasteiger partial charge in [-0.1, -0.05) is 0 Å². The number of fused-ring (bicyclic) bond motifs is 2. The van der Waals surface area contributed by atoms with Crippen LogP contribution in [0.3, 0.4) is 0 Å². The van der Waals surface area contributed by atoms with Gasteiger partial charge in [0.1, 0.15) is 46.7 Å². The summed E-state index contributed by atoms with van der Waals surface area (Å²) in [5, 5.41) is 50.7. The summed E-state index contributed by atoms with van der Waals surface area (Å²) in [7, 11) is 0. The summed E-state index contributed by atoms with van der Waals surface area (Å²) >= 11 is 0. The minimum Gasteiger partial charge on any atom is -0.508 e. The predicted octanol–water partition coefficient (Wildman–Crippen LogP) is 2.08. The van der Waals surface area contributed by atoms with E-state index < -0.39 is 23.9 Å². The zero-order valence-corrected chi connectivity index (χ0v) is 15.2. The van der Waals surface area contributed by atoms with Gasteiger partial charge in [-0.3, -0.25) is 4.79 Å². The van der Waals surface area contributed by atoms with Crippen molar-refractivity contribution in [3.63, 3.8) is 0 Å². The van der Waals surface area contributed by atoms with Gasteiger partial charge in [0.15, 0.2) is 17.3 Å². The molecular formula is C20H20O8. The Bertz CT molecular complexity index is 981. The van der Waals surface area contributed by atoms with Crippen molar-refractivity contribution in [3.05, 3.63) is 41.0 Å². The molecule has 0 bridgehead atoms. The Labute approximate surface area is 160 Å². The molecule has 4 rings (SSSR count). The first kappa shape index (κ1) is 18.4. The van der Waals surface area contributed by atoms with E-state index in [9.17, 15) is 30.3 Å². The van der Waals surface area contributed by atoms with Gasteiger partial charge < -0.3 is 35.0 Å². The Morgan fingerprint density at radius 2 is 1.75 bits per heavy atom. The van der Waals surface area contributed by atoms with Crippen molar-refractivity contribution < 1.29 is 39.8 Å². The van der Waals surface area contributed by atoms with Gasteiger partial charge in [-0.2, -0.15) is 0 Å². The van der Waals surface area contributed by atoms with E-state index in [1.54, 1.807) is 13.8 Å². The van der Waals surface area contributed by atoms with E-state index in [0.717, 1.165) is 6.07 Å². The number of Topliss-reactive ketones (excluding diaryl/α,β-unsaturated/α-hetero) is 1. The molecule has 148 valence electrons. The number of ether oxygens (including phenoxy) is 2. The summed E-state index contributed by atoms with van der Waals surface area (Å²) in [6.45, 7) is 3.19. The molecule has 2 aromatic carbocycles. The van der Waals surface area contributed by atoms with Crippen LogP contribution < -0.4 is 9.47 Å². The van der Waals surface area contributed by atoms with Crippen molar-refractivity contribution >= 4 is 5.78 Å². The second-order valence-electron chi connectivity index (χ2n) is 7.63. The third-order valence-corrected chi connectivity index (χ3v) is 5.17. The van der Waals surface area contributed by atoms with Gasteiger partial charge in [0.05, 0.1) is 6.42 Å². The van der Waals surface area contributed by atoms with Crippen molar-refractivity contribution in [2.75, 3.05) is 0 Å². The number of benzene rings is 2. The lowest BCUT2D eigenvalue weighted by atomic mass is 9.86. The van der Waals surface area contributed by atoms with Crippen LogP contribution in [0.25, 0.3) is 0 Å². The van der Waals surface area contributed by atoms with Crippen LogP contribution in [0.2, 0.25) is 0 Å².